The molecule has 0 unspecified atom stereocenters. The second-order valence-corrected chi connectivity index (χ2v) is 2.17. The third-order valence-electron chi connectivity index (χ3n) is 1.41. The molecular formula is C6H10O4. The lowest BCUT2D eigenvalue weighted by molar-refractivity contribution is -0.0523. The average Bonchev–Trinajstić information content (AvgIpc) is 2.34. The van der Waals surface area contributed by atoms with Crippen LogP contribution in [-0.2, 0) is 4.74 Å². The molecule has 0 spiro atoms. The first kappa shape index (κ1) is 7.53. The second-order valence-electron chi connectivity index (χ2n) is 2.17. The van der Waals surface area contributed by atoms with Crippen LogP contribution in [0.1, 0.15) is 0 Å². The van der Waals surface area contributed by atoms with Crippen LogP contribution in [0.5, 0.6) is 0 Å². The first-order valence-corrected chi connectivity index (χ1v) is 3.05. The Bertz CT molecular complexity index is 134. The highest BCUT2D eigenvalue weighted by atomic mass is 16.5. The van der Waals surface area contributed by atoms with Gasteiger partial charge in [-0.05, 0) is 6.08 Å². The quantitative estimate of drug-likeness (QED) is 0.448. The number of aliphatic hydroxyl groups is 3. The Hall–Kier alpha value is -0.580. The van der Waals surface area contributed by atoms with Gasteiger partial charge in [0.2, 0.25) is 0 Å². The van der Waals surface area contributed by atoms with E-state index in [0.29, 0.717) is 0 Å². The SMILES string of the molecule is OC[C@@H](O)[C@H]1OC=C[C@H]1O. The Balaban J connectivity index is 2.42. The molecule has 0 fully saturated rings. The lowest BCUT2D eigenvalue weighted by Crippen LogP contribution is -2.37. The summed E-state index contributed by atoms with van der Waals surface area (Å²) in [5.74, 6) is 0. The van der Waals surface area contributed by atoms with Crippen LogP contribution in [0.4, 0.5) is 0 Å². The third kappa shape index (κ3) is 1.29. The van der Waals surface area contributed by atoms with Crippen molar-refractivity contribution in [1.29, 1.82) is 0 Å². The van der Waals surface area contributed by atoms with E-state index in [1.54, 1.807) is 0 Å². The molecule has 0 aliphatic carbocycles. The van der Waals surface area contributed by atoms with Crippen molar-refractivity contribution in [1.82, 2.24) is 0 Å². The third-order valence-corrected chi connectivity index (χ3v) is 1.41. The molecule has 0 aromatic heterocycles. The number of ether oxygens (including phenoxy) is 1. The van der Waals surface area contributed by atoms with E-state index in [4.69, 9.17) is 20.1 Å². The van der Waals surface area contributed by atoms with Crippen LogP contribution in [0.3, 0.4) is 0 Å². The van der Waals surface area contributed by atoms with Gasteiger partial charge in [-0.2, -0.15) is 0 Å². The summed E-state index contributed by atoms with van der Waals surface area (Å²) in [5, 5.41) is 26.4. The zero-order valence-electron chi connectivity index (χ0n) is 5.34. The minimum atomic E-state index is -1.01. The molecule has 10 heavy (non-hydrogen) atoms. The summed E-state index contributed by atoms with van der Waals surface area (Å²) in [7, 11) is 0. The second kappa shape index (κ2) is 3.01. The zero-order chi connectivity index (χ0) is 7.56. The van der Waals surface area contributed by atoms with Gasteiger partial charge >= 0.3 is 0 Å². The first-order valence-electron chi connectivity index (χ1n) is 3.05. The van der Waals surface area contributed by atoms with Gasteiger partial charge in [-0.1, -0.05) is 0 Å². The van der Waals surface area contributed by atoms with Gasteiger partial charge in [0.25, 0.3) is 0 Å². The van der Waals surface area contributed by atoms with E-state index in [2.05, 4.69) is 0 Å². The van der Waals surface area contributed by atoms with Gasteiger partial charge in [0.05, 0.1) is 12.9 Å². The Morgan fingerprint density at radius 1 is 1.60 bits per heavy atom. The first-order chi connectivity index (χ1) is 4.75. The van der Waals surface area contributed by atoms with Gasteiger partial charge in [-0.25, -0.2) is 0 Å². The van der Waals surface area contributed by atoms with Crippen molar-refractivity contribution in [3.8, 4) is 0 Å². The molecule has 3 atom stereocenters. The Morgan fingerprint density at radius 2 is 2.30 bits per heavy atom. The van der Waals surface area contributed by atoms with Gasteiger partial charge in [-0.15, -0.1) is 0 Å². The van der Waals surface area contributed by atoms with Crippen molar-refractivity contribution in [2.75, 3.05) is 6.61 Å². The normalized spacial score (nSPS) is 33.9. The maximum atomic E-state index is 9.01. The topological polar surface area (TPSA) is 69.9 Å². The lowest BCUT2D eigenvalue weighted by atomic mass is 10.1. The van der Waals surface area contributed by atoms with Crippen LogP contribution in [0, 0.1) is 0 Å². The summed E-state index contributed by atoms with van der Waals surface area (Å²) in [4.78, 5) is 0. The summed E-state index contributed by atoms with van der Waals surface area (Å²) in [6, 6.07) is 0. The summed E-state index contributed by atoms with van der Waals surface area (Å²) in [6.45, 7) is -0.399. The molecule has 1 aliphatic heterocycles. The largest absolute Gasteiger partial charge is 0.492 e. The predicted molar refractivity (Wildman–Crippen MR) is 33.1 cm³/mol. The highest BCUT2D eigenvalue weighted by Gasteiger charge is 2.29. The number of aliphatic hydroxyl groups excluding tert-OH is 3. The molecule has 58 valence electrons. The summed E-state index contributed by atoms with van der Waals surface area (Å²) >= 11 is 0. The van der Waals surface area contributed by atoms with Gasteiger partial charge in [-0.3, -0.25) is 0 Å². The molecule has 1 aliphatic rings. The van der Waals surface area contributed by atoms with Crippen LogP contribution in [0.15, 0.2) is 12.3 Å². The van der Waals surface area contributed by atoms with Crippen molar-refractivity contribution < 1.29 is 20.1 Å². The van der Waals surface area contributed by atoms with Crippen LogP contribution in [0.2, 0.25) is 0 Å². The molecule has 1 rings (SSSR count). The van der Waals surface area contributed by atoms with Crippen molar-refractivity contribution in [3.63, 3.8) is 0 Å². The average molecular weight is 146 g/mol. The monoisotopic (exact) mass is 146 g/mol. The molecule has 4 heteroatoms. The van der Waals surface area contributed by atoms with E-state index in [-0.39, 0.29) is 0 Å². The number of rotatable bonds is 2. The highest BCUT2D eigenvalue weighted by Crippen LogP contribution is 2.13. The molecule has 0 saturated heterocycles. The molecule has 4 nitrogen and oxygen atoms in total. The molecule has 0 aromatic rings. The summed E-state index contributed by atoms with van der Waals surface area (Å²) in [5.41, 5.74) is 0. The lowest BCUT2D eigenvalue weighted by Gasteiger charge is -2.18. The molecular weight excluding hydrogens is 136 g/mol. The van der Waals surface area contributed by atoms with Crippen molar-refractivity contribution in [2.45, 2.75) is 18.3 Å². The highest BCUT2D eigenvalue weighted by molar-refractivity contribution is 4.98. The fourth-order valence-corrected chi connectivity index (χ4v) is 0.829. The van der Waals surface area contributed by atoms with Gasteiger partial charge in [0.1, 0.15) is 12.2 Å². The van der Waals surface area contributed by atoms with Crippen LogP contribution >= 0.6 is 0 Å². The standard InChI is InChI=1S/C6H10O4/c7-3-5(9)6-4(8)1-2-10-6/h1-2,4-9H,3H2/t4-,5-,6+/m1/s1. The molecule has 0 amide bonds. The Morgan fingerprint density at radius 3 is 2.70 bits per heavy atom. The van der Waals surface area contributed by atoms with E-state index in [9.17, 15) is 0 Å². The number of hydrogen-bond acceptors (Lipinski definition) is 4. The maximum Gasteiger partial charge on any atom is 0.155 e. The minimum absolute atomic E-state index is 0.399. The molecule has 0 radical (unpaired) electrons. The fraction of sp³-hybridized carbons (Fsp3) is 0.667. The van der Waals surface area contributed by atoms with E-state index in [0.717, 1.165) is 0 Å². The van der Waals surface area contributed by atoms with Gasteiger partial charge in [0, 0.05) is 0 Å². The van der Waals surface area contributed by atoms with Crippen molar-refractivity contribution in [2.24, 2.45) is 0 Å². The van der Waals surface area contributed by atoms with Crippen molar-refractivity contribution in [3.05, 3.63) is 12.3 Å². The maximum absolute atomic E-state index is 9.01. The fourth-order valence-electron chi connectivity index (χ4n) is 0.829. The summed E-state index contributed by atoms with van der Waals surface area (Å²) < 4.78 is 4.78. The zero-order valence-corrected chi connectivity index (χ0v) is 5.34. The van der Waals surface area contributed by atoms with Crippen LogP contribution in [-0.4, -0.2) is 40.2 Å². The van der Waals surface area contributed by atoms with E-state index in [1.807, 2.05) is 0 Å². The molecule has 0 saturated carbocycles. The smallest absolute Gasteiger partial charge is 0.155 e. The minimum Gasteiger partial charge on any atom is -0.492 e. The molecule has 1 heterocycles. The van der Waals surface area contributed by atoms with Crippen molar-refractivity contribution >= 4 is 0 Å². The van der Waals surface area contributed by atoms with E-state index in [1.165, 1.54) is 12.3 Å². The van der Waals surface area contributed by atoms with E-state index >= 15 is 0 Å². The van der Waals surface area contributed by atoms with E-state index < -0.39 is 24.9 Å². The van der Waals surface area contributed by atoms with Gasteiger partial charge < -0.3 is 20.1 Å². The number of hydrogen-bond donors (Lipinski definition) is 3. The Kier molecular flexibility index (Phi) is 2.26. The summed E-state index contributed by atoms with van der Waals surface area (Å²) in [6.07, 6.45) is 0.217. The van der Waals surface area contributed by atoms with Crippen LogP contribution < -0.4 is 0 Å². The molecule has 0 bridgehead atoms. The van der Waals surface area contributed by atoms with Gasteiger partial charge in [0.15, 0.2) is 6.10 Å². The molecule has 0 aromatic carbocycles. The Labute approximate surface area is 58.4 Å². The van der Waals surface area contributed by atoms with Crippen LogP contribution in [0.25, 0.3) is 0 Å². The molecule has 3 N–H and O–H groups in total. The predicted octanol–water partition coefficient (Wildman–Crippen LogP) is -1.39.